The van der Waals surface area contributed by atoms with Gasteiger partial charge in [-0.3, -0.25) is 5.43 Å². The number of nitrogens with zero attached hydrogens (tertiary/aromatic N) is 3. The average Bonchev–Trinajstić information content (AvgIpc) is 3.68. The SMILES string of the molecule is COC1Nn2cc(-c3cc4c(OCc5nc(-c6ccc(C(=O)OC(C)(C)C)cc6)sc5C)cc(F)cc4o3)nc2S1. The number of thioether (sulfide) groups is 1. The van der Waals surface area contributed by atoms with E-state index in [0.717, 1.165) is 26.3 Å². The molecule has 212 valence electrons. The molecule has 9 nitrogen and oxygen atoms in total. The number of carbonyl (C=O) groups excluding carboxylic acids is 1. The Labute approximate surface area is 243 Å². The maximum atomic E-state index is 14.5. The van der Waals surface area contributed by atoms with Crippen LogP contribution in [0.3, 0.4) is 0 Å². The zero-order chi connectivity index (χ0) is 28.9. The normalized spacial score (nSPS) is 14.7. The second-order valence-electron chi connectivity index (χ2n) is 10.4. The van der Waals surface area contributed by atoms with E-state index in [4.69, 9.17) is 23.6 Å². The van der Waals surface area contributed by atoms with E-state index in [1.165, 1.54) is 35.2 Å². The summed E-state index contributed by atoms with van der Waals surface area (Å²) in [5.74, 6) is 0.00580. The quantitative estimate of drug-likeness (QED) is 0.200. The summed E-state index contributed by atoms with van der Waals surface area (Å²) in [4.78, 5) is 22.7. The Bertz CT molecular complexity index is 1730. The molecule has 4 heterocycles. The molecule has 0 radical (unpaired) electrons. The van der Waals surface area contributed by atoms with Crippen molar-refractivity contribution in [1.29, 1.82) is 0 Å². The first-order valence-corrected chi connectivity index (χ1v) is 14.5. The maximum Gasteiger partial charge on any atom is 0.338 e. The average molecular weight is 595 g/mol. The molecule has 5 aromatic rings. The fraction of sp³-hybridized carbons (Fsp3) is 0.276. The molecule has 6 rings (SSSR count). The molecule has 1 atom stereocenters. The molecule has 0 fully saturated rings. The third-order valence-electron chi connectivity index (χ3n) is 6.18. The fourth-order valence-electron chi connectivity index (χ4n) is 4.23. The number of furan rings is 1. The van der Waals surface area contributed by atoms with Crippen molar-refractivity contribution >= 4 is 40.0 Å². The number of esters is 1. The number of benzene rings is 2. The van der Waals surface area contributed by atoms with Gasteiger partial charge in [-0.1, -0.05) is 12.1 Å². The Morgan fingerprint density at radius 1 is 1.17 bits per heavy atom. The van der Waals surface area contributed by atoms with Crippen LogP contribution in [-0.4, -0.2) is 38.9 Å². The molecule has 0 saturated heterocycles. The molecule has 0 saturated carbocycles. The summed E-state index contributed by atoms with van der Waals surface area (Å²) in [6, 6.07) is 11.6. The summed E-state index contributed by atoms with van der Waals surface area (Å²) in [7, 11) is 1.62. The lowest BCUT2D eigenvalue weighted by molar-refractivity contribution is 0.00695. The second kappa shape index (κ2) is 10.5. The summed E-state index contributed by atoms with van der Waals surface area (Å²) in [6.07, 6.45) is 1.80. The van der Waals surface area contributed by atoms with Crippen LogP contribution in [-0.2, 0) is 16.1 Å². The number of hydrogen-bond acceptors (Lipinski definition) is 10. The minimum atomic E-state index is -0.563. The van der Waals surface area contributed by atoms with Crippen LogP contribution in [0, 0.1) is 12.7 Å². The van der Waals surface area contributed by atoms with Gasteiger partial charge in [0.25, 0.3) is 0 Å². The maximum absolute atomic E-state index is 14.5. The molecule has 0 spiro atoms. The van der Waals surface area contributed by atoms with Gasteiger partial charge in [0.1, 0.15) is 40.1 Å². The largest absolute Gasteiger partial charge is 0.486 e. The van der Waals surface area contributed by atoms with Crippen LogP contribution in [0.5, 0.6) is 5.75 Å². The van der Waals surface area contributed by atoms with Crippen LogP contribution < -0.4 is 10.2 Å². The zero-order valence-corrected chi connectivity index (χ0v) is 24.6. The predicted molar refractivity (Wildman–Crippen MR) is 155 cm³/mol. The molecule has 1 unspecified atom stereocenters. The van der Waals surface area contributed by atoms with E-state index >= 15 is 0 Å². The number of carbonyl (C=O) groups is 1. The number of hydrogen-bond donors (Lipinski definition) is 1. The summed E-state index contributed by atoms with van der Waals surface area (Å²) in [6.45, 7) is 7.61. The molecule has 12 heteroatoms. The molecule has 41 heavy (non-hydrogen) atoms. The first kappa shape index (κ1) is 27.3. The van der Waals surface area contributed by atoms with Crippen molar-refractivity contribution in [2.75, 3.05) is 12.5 Å². The number of fused-ring (bicyclic) bond motifs is 2. The predicted octanol–water partition coefficient (Wildman–Crippen LogP) is 6.98. The van der Waals surface area contributed by atoms with Crippen LogP contribution in [0.25, 0.3) is 33.0 Å². The Balaban J connectivity index is 1.19. The molecule has 1 aliphatic rings. The van der Waals surface area contributed by atoms with Gasteiger partial charge in [-0.2, -0.15) is 0 Å². The number of aromatic nitrogens is 3. The van der Waals surface area contributed by atoms with E-state index < -0.39 is 11.4 Å². The first-order chi connectivity index (χ1) is 19.6. The van der Waals surface area contributed by atoms with Crippen LogP contribution in [0.4, 0.5) is 4.39 Å². The van der Waals surface area contributed by atoms with Crippen molar-refractivity contribution in [3.8, 4) is 27.8 Å². The number of aryl methyl sites for hydroxylation is 1. The third-order valence-corrected chi connectivity index (χ3v) is 8.26. The number of nitrogens with one attached hydrogen (secondary N) is 1. The third kappa shape index (κ3) is 5.67. The Morgan fingerprint density at radius 2 is 1.95 bits per heavy atom. The van der Waals surface area contributed by atoms with Gasteiger partial charge < -0.3 is 18.6 Å². The van der Waals surface area contributed by atoms with Gasteiger partial charge >= 0.3 is 5.97 Å². The number of thiazole rings is 1. The van der Waals surface area contributed by atoms with E-state index in [9.17, 15) is 9.18 Å². The summed E-state index contributed by atoms with van der Waals surface area (Å²) >= 11 is 2.96. The molecule has 1 N–H and O–H groups in total. The van der Waals surface area contributed by atoms with E-state index in [1.807, 2.05) is 39.8 Å². The molecule has 2 aromatic carbocycles. The van der Waals surface area contributed by atoms with Gasteiger partial charge in [0, 0.05) is 29.7 Å². The topological polar surface area (TPSA) is 101 Å². The van der Waals surface area contributed by atoms with Gasteiger partial charge in [0.15, 0.2) is 16.5 Å². The van der Waals surface area contributed by atoms with Crippen LogP contribution in [0.1, 0.15) is 41.7 Å². The van der Waals surface area contributed by atoms with Crippen molar-refractivity contribution < 1.29 is 27.8 Å². The Hall–Kier alpha value is -3.87. The molecular formula is C29H27FN4O5S2. The highest BCUT2D eigenvalue weighted by Crippen LogP contribution is 2.37. The Morgan fingerprint density at radius 3 is 2.66 bits per heavy atom. The lowest BCUT2D eigenvalue weighted by Crippen LogP contribution is -2.23. The van der Waals surface area contributed by atoms with Crippen molar-refractivity contribution in [2.24, 2.45) is 0 Å². The minimum Gasteiger partial charge on any atom is -0.486 e. The van der Waals surface area contributed by atoms with Crippen LogP contribution in [0.15, 0.2) is 58.2 Å². The van der Waals surface area contributed by atoms with E-state index in [-0.39, 0.29) is 18.1 Å². The van der Waals surface area contributed by atoms with Gasteiger partial charge in [0.05, 0.1) is 22.8 Å². The number of imidazole rings is 1. The van der Waals surface area contributed by atoms with Gasteiger partial charge in [-0.05, 0) is 57.7 Å². The molecule has 0 bridgehead atoms. The van der Waals surface area contributed by atoms with Gasteiger partial charge in [0.2, 0.25) is 0 Å². The van der Waals surface area contributed by atoms with Crippen molar-refractivity contribution in [3.05, 3.63) is 70.6 Å². The summed E-state index contributed by atoms with van der Waals surface area (Å²) in [5, 5.41) is 2.17. The van der Waals surface area contributed by atoms with Crippen molar-refractivity contribution in [1.82, 2.24) is 14.6 Å². The number of methoxy groups -OCH3 is 1. The first-order valence-electron chi connectivity index (χ1n) is 12.8. The summed E-state index contributed by atoms with van der Waals surface area (Å²) < 4.78 is 39.0. The van der Waals surface area contributed by atoms with E-state index in [1.54, 1.807) is 36.2 Å². The summed E-state index contributed by atoms with van der Waals surface area (Å²) in [5.41, 5.74) is 5.43. The molecule has 0 aliphatic carbocycles. The smallest absolute Gasteiger partial charge is 0.338 e. The number of halogens is 1. The second-order valence-corrected chi connectivity index (χ2v) is 12.6. The van der Waals surface area contributed by atoms with Gasteiger partial charge in [-0.25, -0.2) is 23.8 Å². The van der Waals surface area contributed by atoms with E-state index in [0.29, 0.717) is 33.7 Å². The number of rotatable bonds is 7. The molecule has 1 aliphatic heterocycles. The monoisotopic (exact) mass is 594 g/mol. The Kier molecular flexibility index (Phi) is 7.00. The molecular weight excluding hydrogens is 567 g/mol. The lowest BCUT2D eigenvalue weighted by atomic mass is 10.1. The molecule has 3 aromatic heterocycles. The molecule has 0 amide bonds. The van der Waals surface area contributed by atoms with Crippen LogP contribution in [0.2, 0.25) is 0 Å². The lowest BCUT2D eigenvalue weighted by Gasteiger charge is -2.19. The zero-order valence-electron chi connectivity index (χ0n) is 23.0. The highest BCUT2D eigenvalue weighted by molar-refractivity contribution is 7.99. The minimum absolute atomic E-state index is 0.148. The van der Waals surface area contributed by atoms with Gasteiger partial charge in [-0.15, -0.1) is 11.3 Å². The standard InChI is InChI=1S/C29H27FN4O5S2/c1-15-21(31-25(40-15)16-6-8-17(9-7-16)26(35)39-29(2,3)4)14-37-22-10-18(30)11-23-19(22)12-24(38-23)20-13-34-27(32-20)41-28(33-34)36-5/h6-13,28,33H,14H2,1-5H3. The van der Waals surface area contributed by atoms with Crippen molar-refractivity contribution in [2.45, 2.75) is 50.6 Å². The van der Waals surface area contributed by atoms with Crippen molar-refractivity contribution in [3.63, 3.8) is 0 Å². The van der Waals surface area contributed by atoms with Crippen LogP contribution >= 0.6 is 23.1 Å². The highest BCUT2D eigenvalue weighted by Gasteiger charge is 2.25. The fourth-order valence-corrected chi connectivity index (χ4v) is 5.98. The highest BCUT2D eigenvalue weighted by atomic mass is 32.2. The van der Waals surface area contributed by atoms with E-state index in [2.05, 4.69) is 10.4 Å². The number of ether oxygens (including phenoxy) is 3.